The van der Waals surface area contributed by atoms with E-state index in [-0.39, 0.29) is 0 Å². The van der Waals surface area contributed by atoms with Gasteiger partial charge >= 0.3 is 0 Å². The molecule has 0 aromatic carbocycles. The van der Waals surface area contributed by atoms with Crippen LogP contribution in [0, 0.1) is 5.41 Å². The number of imidazole rings is 1. The van der Waals surface area contributed by atoms with Crippen molar-refractivity contribution in [2.45, 2.75) is 58.5 Å². The van der Waals surface area contributed by atoms with Gasteiger partial charge in [-0.05, 0) is 25.2 Å². The van der Waals surface area contributed by atoms with Crippen molar-refractivity contribution in [3.05, 3.63) is 12.4 Å². The fourth-order valence-electron chi connectivity index (χ4n) is 3.02. The molecule has 1 aliphatic carbocycles. The number of rotatable bonds is 5. The molecule has 0 amide bonds. The van der Waals surface area contributed by atoms with Crippen LogP contribution in [0.4, 0.5) is 5.95 Å². The summed E-state index contributed by atoms with van der Waals surface area (Å²) < 4.78 is 7.41. The van der Waals surface area contributed by atoms with Crippen LogP contribution >= 0.6 is 0 Å². The molecule has 0 bridgehead atoms. The first-order valence-corrected chi connectivity index (χ1v) is 7.33. The lowest BCUT2D eigenvalue weighted by molar-refractivity contribution is 0.162. The Morgan fingerprint density at radius 1 is 1.53 bits per heavy atom. The van der Waals surface area contributed by atoms with Crippen molar-refractivity contribution in [1.29, 1.82) is 0 Å². The highest BCUT2D eigenvalue weighted by Gasteiger charge is 2.32. The van der Waals surface area contributed by atoms with E-state index in [0.29, 0.717) is 24.1 Å². The van der Waals surface area contributed by atoms with E-state index in [9.17, 15) is 0 Å². The number of anilines is 1. The van der Waals surface area contributed by atoms with Crippen LogP contribution in [0.5, 0.6) is 0 Å². The Bertz CT molecular complexity index is 400. The van der Waals surface area contributed by atoms with Gasteiger partial charge in [0.15, 0.2) is 0 Å². The lowest BCUT2D eigenvalue weighted by Crippen LogP contribution is -2.39. The van der Waals surface area contributed by atoms with Crippen molar-refractivity contribution in [3.8, 4) is 0 Å². The van der Waals surface area contributed by atoms with Crippen molar-refractivity contribution in [2.75, 3.05) is 19.0 Å². The molecule has 2 rings (SSSR count). The minimum Gasteiger partial charge on any atom is -0.383 e. The van der Waals surface area contributed by atoms with Gasteiger partial charge in [0, 0.05) is 25.5 Å². The zero-order chi connectivity index (χ0) is 13.9. The first kappa shape index (κ1) is 14.4. The second-order valence-electron chi connectivity index (χ2n) is 6.39. The van der Waals surface area contributed by atoms with Crippen LogP contribution in [0.25, 0.3) is 0 Å². The molecule has 2 atom stereocenters. The maximum absolute atomic E-state index is 5.24. The van der Waals surface area contributed by atoms with Gasteiger partial charge in [-0.15, -0.1) is 0 Å². The first-order chi connectivity index (χ1) is 9.04. The summed E-state index contributed by atoms with van der Waals surface area (Å²) >= 11 is 0. The maximum Gasteiger partial charge on any atom is 0.203 e. The average Bonchev–Trinajstić information content (AvgIpc) is 2.80. The highest BCUT2D eigenvalue weighted by Crippen LogP contribution is 2.37. The number of methoxy groups -OCH3 is 1. The van der Waals surface area contributed by atoms with E-state index in [1.807, 2.05) is 12.4 Å². The molecule has 4 heteroatoms. The number of nitrogens with zero attached hydrogens (tertiary/aromatic N) is 2. The van der Waals surface area contributed by atoms with Crippen molar-refractivity contribution in [3.63, 3.8) is 0 Å². The molecular weight excluding hydrogens is 238 g/mol. The van der Waals surface area contributed by atoms with Gasteiger partial charge in [-0.2, -0.15) is 0 Å². The van der Waals surface area contributed by atoms with Crippen molar-refractivity contribution in [2.24, 2.45) is 5.41 Å². The van der Waals surface area contributed by atoms with Gasteiger partial charge in [0.1, 0.15) is 0 Å². The summed E-state index contributed by atoms with van der Waals surface area (Å²) in [6.45, 7) is 7.58. The quantitative estimate of drug-likeness (QED) is 0.886. The summed E-state index contributed by atoms with van der Waals surface area (Å²) in [5.74, 6) is 0.976. The molecule has 4 nitrogen and oxygen atoms in total. The van der Waals surface area contributed by atoms with Crippen LogP contribution in [-0.4, -0.2) is 29.3 Å². The Morgan fingerprint density at radius 3 is 3.00 bits per heavy atom. The molecule has 108 valence electrons. The Hall–Kier alpha value is -1.03. The zero-order valence-corrected chi connectivity index (χ0v) is 12.6. The van der Waals surface area contributed by atoms with Gasteiger partial charge in [0.2, 0.25) is 5.95 Å². The molecule has 0 saturated heterocycles. The topological polar surface area (TPSA) is 39.1 Å². The Kier molecular flexibility index (Phi) is 4.50. The second-order valence-corrected chi connectivity index (χ2v) is 6.39. The third-order valence-electron chi connectivity index (χ3n) is 4.36. The number of ether oxygens (including phenoxy) is 1. The molecule has 0 aliphatic heterocycles. The molecular formula is C15H27N3O. The third kappa shape index (κ3) is 3.30. The molecule has 1 aliphatic rings. The Morgan fingerprint density at radius 2 is 2.32 bits per heavy atom. The monoisotopic (exact) mass is 265 g/mol. The molecule has 19 heavy (non-hydrogen) atoms. The summed E-state index contributed by atoms with van der Waals surface area (Å²) in [6, 6.07) is 0.818. The summed E-state index contributed by atoms with van der Waals surface area (Å²) in [6.07, 6.45) is 9.08. The Labute approximate surface area is 116 Å². The molecule has 0 radical (unpaired) electrons. The van der Waals surface area contributed by atoms with E-state index in [4.69, 9.17) is 4.74 Å². The van der Waals surface area contributed by atoms with Gasteiger partial charge in [-0.1, -0.05) is 26.7 Å². The van der Waals surface area contributed by atoms with Crippen molar-refractivity contribution >= 4 is 5.95 Å². The van der Waals surface area contributed by atoms with Crippen LogP contribution in [0.15, 0.2) is 12.4 Å². The highest BCUT2D eigenvalue weighted by atomic mass is 16.5. The van der Waals surface area contributed by atoms with Gasteiger partial charge in [-0.3, -0.25) is 0 Å². The minimum atomic E-state index is 0.307. The van der Waals surface area contributed by atoms with E-state index in [0.717, 1.165) is 5.95 Å². The normalized spacial score (nSPS) is 24.1. The van der Waals surface area contributed by atoms with Gasteiger partial charge in [-0.25, -0.2) is 4.98 Å². The van der Waals surface area contributed by atoms with E-state index in [2.05, 4.69) is 35.6 Å². The smallest absolute Gasteiger partial charge is 0.203 e. The minimum absolute atomic E-state index is 0.307. The molecule has 1 aromatic heterocycles. The molecule has 1 aromatic rings. The highest BCUT2D eigenvalue weighted by molar-refractivity contribution is 5.29. The zero-order valence-electron chi connectivity index (χ0n) is 12.6. The van der Waals surface area contributed by atoms with E-state index in [1.54, 1.807) is 7.11 Å². The lowest BCUT2D eigenvalue weighted by atomic mass is 9.73. The van der Waals surface area contributed by atoms with Crippen LogP contribution in [0.2, 0.25) is 0 Å². The van der Waals surface area contributed by atoms with Crippen molar-refractivity contribution < 1.29 is 4.74 Å². The molecule has 1 fully saturated rings. The van der Waals surface area contributed by atoms with E-state index >= 15 is 0 Å². The predicted octanol–water partition coefficient (Wildman–Crippen LogP) is 3.47. The van der Waals surface area contributed by atoms with E-state index < -0.39 is 0 Å². The van der Waals surface area contributed by atoms with Gasteiger partial charge in [0.05, 0.1) is 12.6 Å². The van der Waals surface area contributed by atoms with Gasteiger partial charge in [0.25, 0.3) is 0 Å². The number of nitrogens with one attached hydrogen (secondary N) is 1. The summed E-state index contributed by atoms with van der Waals surface area (Å²) in [5.41, 5.74) is 0.347. The number of aromatic nitrogens is 2. The SMILES string of the molecule is COCC(C)n1ccnc1NC1CCCCC1(C)C. The van der Waals surface area contributed by atoms with E-state index in [1.165, 1.54) is 25.7 Å². The predicted molar refractivity (Wildman–Crippen MR) is 78.5 cm³/mol. The average molecular weight is 265 g/mol. The second kappa shape index (κ2) is 5.95. The number of hydrogen-bond donors (Lipinski definition) is 1. The summed E-state index contributed by atoms with van der Waals surface area (Å²) in [5, 5.41) is 3.66. The largest absolute Gasteiger partial charge is 0.383 e. The lowest BCUT2D eigenvalue weighted by Gasteiger charge is -2.39. The van der Waals surface area contributed by atoms with Gasteiger partial charge < -0.3 is 14.6 Å². The van der Waals surface area contributed by atoms with Crippen LogP contribution in [-0.2, 0) is 4.74 Å². The van der Waals surface area contributed by atoms with Crippen LogP contribution in [0.1, 0.15) is 52.5 Å². The standard InChI is InChI=1S/C15H27N3O/c1-12(11-19-4)18-10-9-16-14(18)17-13-7-5-6-8-15(13,2)3/h9-10,12-13H,5-8,11H2,1-4H3,(H,16,17). The van der Waals surface area contributed by atoms with Crippen LogP contribution in [0.3, 0.4) is 0 Å². The molecule has 1 saturated carbocycles. The molecule has 1 N–H and O–H groups in total. The summed E-state index contributed by atoms with van der Waals surface area (Å²) in [7, 11) is 1.74. The molecule has 2 unspecified atom stereocenters. The molecule has 0 spiro atoms. The fourth-order valence-corrected chi connectivity index (χ4v) is 3.02. The first-order valence-electron chi connectivity index (χ1n) is 7.33. The third-order valence-corrected chi connectivity index (χ3v) is 4.36. The Balaban J connectivity index is 2.08. The van der Waals surface area contributed by atoms with Crippen molar-refractivity contribution in [1.82, 2.24) is 9.55 Å². The van der Waals surface area contributed by atoms with Crippen LogP contribution < -0.4 is 5.32 Å². The number of hydrogen-bond acceptors (Lipinski definition) is 3. The summed E-state index contributed by atoms with van der Waals surface area (Å²) in [4.78, 5) is 4.48. The molecule has 1 heterocycles. The fraction of sp³-hybridized carbons (Fsp3) is 0.800. The maximum atomic E-state index is 5.24.